The summed E-state index contributed by atoms with van der Waals surface area (Å²) in [6, 6.07) is 1.92. The predicted octanol–water partition coefficient (Wildman–Crippen LogP) is -0.493. The zero-order valence-electron chi connectivity index (χ0n) is 11.4. The lowest BCUT2D eigenvalue weighted by atomic mass is 10.0. The third-order valence-electron chi connectivity index (χ3n) is 2.69. The molecular formula is C13H16FN3O4. The van der Waals surface area contributed by atoms with E-state index in [-0.39, 0.29) is 30.8 Å². The van der Waals surface area contributed by atoms with Crippen molar-refractivity contribution in [3.05, 3.63) is 29.1 Å². The maximum Gasteiger partial charge on any atom is 0.231 e. The summed E-state index contributed by atoms with van der Waals surface area (Å²) in [6.07, 6.45) is 0. The fourth-order valence-corrected chi connectivity index (χ4v) is 1.89. The molecule has 1 aromatic carbocycles. The van der Waals surface area contributed by atoms with Gasteiger partial charge in [0.15, 0.2) is 5.78 Å². The van der Waals surface area contributed by atoms with Crippen molar-refractivity contribution in [2.75, 3.05) is 13.1 Å². The summed E-state index contributed by atoms with van der Waals surface area (Å²) in [5, 5.41) is 9.95. The summed E-state index contributed by atoms with van der Waals surface area (Å²) in [5.74, 6) is -3.04. The number of ketones is 1. The van der Waals surface area contributed by atoms with Crippen molar-refractivity contribution in [3.8, 4) is 5.75 Å². The Hall–Kier alpha value is -2.48. The summed E-state index contributed by atoms with van der Waals surface area (Å²) in [7, 11) is 0. The second-order valence-corrected chi connectivity index (χ2v) is 4.60. The molecule has 7 nitrogen and oxygen atoms in total. The number of aromatic hydroxyl groups is 1. The van der Waals surface area contributed by atoms with Crippen LogP contribution in [-0.4, -0.2) is 40.7 Å². The number of hydrogen-bond donors (Lipinski definition) is 3. The molecule has 0 aliphatic rings. The van der Waals surface area contributed by atoms with E-state index in [2.05, 4.69) is 0 Å². The van der Waals surface area contributed by atoms with E-state index in [1.165, 1.54) is 11.8 Å². The molecule has 0 fully saturated rings. The SMILES string of the molecule is CC(=O)c1cc(F)cc(CN(CC(N)=O)CC(N)=O)c1O. The second-order valence-electron chi connectivity index (χ2n) is 4.60. The van der Waals surface area contributed by atoms with E-state index in [4.69, 9.17) is 11.5 Å². The number of amides is 2. The smallest absolute Gasteiger partial charge is 0.231 e. The highest BCUT2D eigenvalue weighted by Crippen LogP contribution is 2.26. The Labute approximate surface area is 120 Å². The van der Waals surface area contributed by atoms with Crippen LogP contribution in [0.25, 0.3) is 0 Å². The van der Waals surface area contributed by atoms with E-state index in [1.54, 1.807) is 0 Å². The van der Waals surface area contributed by atoms with Gasteiger partial charge in [-0.3, -0.25) is 19.3 Å². The number of halogens is 1. The van der Waals surface area contributed by atoms with Gasteiger partial charge in [0.25, 0.3) is 0 Å². The van der Waals surface area contributed by atoms with Gasteiger partial charge in [-0.25, -0.2) is 4.39 Å². The van der Waals surface area contributed by atoms with E-state index in [0.29, 0.717) is 0 Å². The number of nitrogens with zero attached hydrogens (tertiary/aromatic N) is 1. The molecule has 2 amide bonds. The van der Waals surface area contributed by atoms with Crippen molar-refractivity contribution in [2.45, 2.75) is 13.5 Å². The number of primary amides is 2. The van der Waals surface area contributed by atoms with Gasteiger partial charge in [-0.2, -0.15) is 0 Å². The van der Waals surface area contributed by atoms with Crippen LogP contribution < -0.4 is 11.5 Å². The van der Waals surface area contributed by atoms with Gasteiger partial charge in [-0.15, -0.1) is 0 Å². The highest BCUT2D eigenvalue weighted by molar-refractivity contribution is 5.97. The van der Waals surface area contributed by atoms with E-state index in [1.807, 2.05) is 0 Å². The van der Waals surface area contributed by atoms with Gasteiger partial charge in [0, 0.05) is 12.1 Å². The topological polar surface area (TPSA) is 127 Å². The predicted molar refractivity (Wildman–Crippen MR) is 71.7 cm³/mol. The molecule has 21 heavy (non-hydrogen) atoms. The zero-order valence-corrected chi connectivity index (χ0v) is 11.4. The molecule has 1 rings (SSSR count). The summed E-state index contributed by atoms with van der Waals surface area (Å²) in [5.41, 5.74) is 9.97. The highest BCUT2D eigenvalue weighted by Gasteiger charge is 2.18. The highest BCUT2D eigenvalue weighted by atomic mass is 19.1. The van der Waals surface area contributed by atoms with Crippen LogP contribution in [-0.2, 0) is 16.1 Å². The number of carbonyl (C=O) groups is 3. The first-order valence-electron chi connectivity index (χ1n) is 6.02. The number of rotatable bonds is 7. The van der Waals surface area contributed by atoms with Gasteiger partial charge >= 0.3 is 0 Å². The number of hydrogen-bond acceptors (Lipinski definition) is 5. The maximum atomic E-state index is 13.5. The molecule has 0 spiro atoms. The van der Waals surface area contributed by atoms with E-state index >= 15 is 0 Å². The van der Waals surface area contributed by atoms with Crippen molar-refractivity contribution in [3.63, 3.8) is 0 Å². The van der Waals surface area contributed by atoms with Crippen LogP contribution in [0.1, 0.15) is 22.8 Å². The van der Waals surface area contributed by atoms with Gasteiger partial charge in [0.05, 0.1) is 18.7 Å². The molecule has 0 radical (unpaired) electrons. The number of benzene rings is 1. The molecule has 0 saturated heterocycles. The Morgan fingerprint density at radius 3 is 2.14 bits per heavy atom. The standard InChI is InChI=1S/C13H16FN3O4/c1-7(18)10-3-9(14)2-8(13(10)21)4-17(5-11(15)19)6-12(16)20/h2-3,21H,4-6H2,1H3,(H2,15,19)(H2,16,20). The van der Waals surface area contributed by atoms with Crippen molar-refractivity contribution < 1.29 is 23.9 Å². The maximum absolute atomic E-state index is 13.5. The second kappa shape index (κ2) is 6.80. The molecule has 0 saturated carbocycles. The molecule has 0 atom stereocenters. The van der Waals surface area contributed by atoms with Crippen molar-refractivity contribution in [1.29, 1.82) is 0 Å². The molecule has 0 unspecified atom stereocenters. The largest absolute Gasteiger partial charge is 0.507 e. The Kier molecular flexibility index (Phi) is 5.37. The molecule has 0 aromatic heterocycles. The molecular weight excluding hydrogens is 281 g/mol. The van der Waals surface area contributed by atoms with E-state index in [0.717, 1.165) is 12.1 Å². The lowest BCUT2D eigenvalue weighted by Gasteiger charge is -2.20. The lowest BCUT2D eigenvalue weighted by Crippen LogP contribution is -2.39. The molecule has 0 aliphatic heterocycles. The average molecular weight is 297 g/mol. The first-order valence-corrected chi connectivity index (χ1v) is 6.02. The lowest BCUT2D eigenvalue weighted by molar-refractivity contribution is -0.122. The van der Waals surface area contributed by atoms with Crippen LogP contribution >= 0.6 is 0 Å². The fraction of sp³-hybridized carbons (Fsp3) is 0.308. The zero-order chi connectivity index (χ0) is 16.2. The summed E-state index contributed by atoms with van der Waals surface area (Å²) < 4.78 is 13.5. The summed E-state index contributed by atoms with van der Waals surface area (Å²) in [4.78, 5) is 34.5. The Morgan fingerprint density at radius 1 is 1.19 bits per heavy atom. The molecule has 114 valence electrons. The van der Waals surface area contributed by atoms with Crippen molar-refractivity contribution in [1.82, 2.24) is 4.90 Å². The number of nitrogens with two attached hydrogens (primary N) is 2. The van der Waals surface area contributed by atoms with Crippen LogP contribution in [0.4, 0.5) is 4.39 Å². The van der Waals surface area contributed by atoms with Gasteiger partial charge in [0.1, 0.15) is 11.6 Å². The van der Waals surface area contributed by atoms with Crippen LogP contribution in [0.5, 0.6) is 5.75 Å². The molecule has 1 aromatic rings. The molecule has 5 N–H and O–H groups in total. The minimum absolute atomic E-state index is 0.0581. The molecule has 0 aliphatic carbocycles. The first-order chi connectivity index (χ1) is 9.70. The number of carbonyl (C=O) groups excluding carboxylic acids is 3. The Morgan fingerprint density at radius 2 is 1.71 bits per heavy atom. The van der Waals surface area contributed by atoms with Crippen LogP contribution in [0.2, 0.25) is 0 Å². The van der Waals surface area contributed by atoms with Gasteiger partial charge in [-0.05, 0) is 19.1 Å². The van der Waals surface area contributed by atoms with E-state index < -0.39 is 29.2 Å². The number of phenols is 1. The Bertz CT molecular complexity index is 573. The summed E-state index contributed by atoms with van der Waals surface area (Å²) in [6.45, 7) is 0.432. The third kappa shape index (κ3) is 4.84. The van der Waals surface area contributed by atoms with Crippen molar-refractivity contribution in [2.24, 2.45) is 11.5 Å². The monoisotopic (exact) mass is 297 g/mol. The van der Waals surface area contributed by atoms with Gasteiger partial charge in [-0.1, -0.05) is 0 Å². The van der Waals surface area contributed by atoms with E-state index in [9.17, 15) is 23.9 Å². The summed E-state index contributed by atoms with van der Waals surface area (Å²) >= 11 is 0. The molecule has 8 heteroatoms. The minimum Gasteiger partial charge on any atom is -0.507 e. The quantitative estimate of drug-likeness (QED) is 0.585. The molecule has 0 heterocycles. The fourth-order valence-electron chi connectivity index (χ4n) is 1.89. The van der Waals surface area contributed by atoms with Crippen molar-refractivity contribution >= 4 is 17.6 Å². The number of Topliss-reactive ketones (excluding diaryl/α,β-unsaturated/α-hetero) is 1. The average Bonchev–Trinajstić information content (AvgIpc) is 2.31. The third-order valence-corrected chi connectivity index (χ3v) is 2.69. The molecule has 0 bridgehead atoms. The first kappa shape index (κ1) is 16.6. The normalized spacial score (nSPS) is 10.6. The number of phenolic OH excluding ortho intramolecular Hbond substituents is 1. The van der Waals surface area contributed by atoms with Crippen LogP contribution in [0, 0.1) is 5.82 Å². The van der Waals surface area contributed by atoms with Crippen LogP contribution in [0.3, 0.4) is 0 Å². The Balaban J connectivity index is 3.10. The van der Waals surface area contributed by atoms with Gasteiger partial charge < -0.3 is 16.6 Å². The van der Waals surface area contributed by atoms with Crippen LogP contribution in [0.15, 0.2) is 12.1 Å². The minimum atomic E-state index is -0.717. The van der Waals surface area contributed by atoms with Gasteiger partial charge in [0.2, 0.25) is 11.8 Å².